The van der Waals surface area contributed by atoms with Crippen LogP contribution in [0.5, 0.6) is 5.75 Å². The van der Waals surface area contributed by atoms with E-state index in [1.54, 1.807) is 12.1 Å². The molecule has 132 valence electrons. The minimum absolute atomic E-state index is 0.108. The van der Waals surface area contributed by atoms with Crippen molar-refractivity contribution in [3.05, 3.63) is 89.4 Å². The molecule has 0 saturated carbocycles. The lowest BCUT2D eigenvalue weighted by atomic mass is 10.2. The first-order chi connectivity index (χ1) is 12.7. The van der Waals surface area contributed by atoms with Gasteiger partial charge in [0.1, 0.15) is 12.4 Å². The van der Waals surface area contributed by atoms with Gasteiger partial charge in [-0.3, -0.25) is 4.79 Å². The Labute approximate surface area is 157 Å². The van der Waals surface area contributed by atoms with Crippen molar-refractivity contribution in [2.45, 2.75) is 6.61 Å². The number of anilines is 2. The van der Waals surface area contributed by atoms with Gasteiger partial charge in [0.05, 0.1) is 22.9 Å². The summed E-state index contributed by atoms with van der Waals surface area (Å²) in [6.45, 7) is 0.572. The van der Waals surface area contributed by atoms with E-state index in [4.69, 9.17) is 16.3 Å². The highest BCUT2D eigenvalue weighted by Crippen LogP contribution is 2.25. The smallest absolute Gasteiger partial charge is 0.243 e. The van der Waals surface area contributed by atoms with Crippen LogP contribution in [-0.2, 0) is 11.4 Å². The Morgan fingerprint density at radius 1 is 0.846 bits per heavy atom. The second-order valence-corrected chi connectivity index (χ2v) is 6.06. The molecule has 3 aromatic rings. The van der Waals surface area contributed by atoms with Gasteiger partial charge in [-0.1, -0.05) is 66.2 Å². The zero-order chi connectivity index (χ0) is 18.2. The van der Waals surface area contributed by atoms with Crippen LogP contribution < -0.4 is 15.4 Å². The summed E-state index contributed by atoms with van der Waals surface area (Å²) in [7, 11) is 0. The molecule has 1 amide bonds. The zero-order valence-electron chi connectivity index (χ0n) is 14.1. The van der Waals surface area contributed by atoms with E-state index in [9.17, 15) is 4.79 Å². The molecule has 26 heavy (non-hydrogen) atoms. The van der Waals surface area contributed by atoms with Crippen molar-refractivity contribution in [1.29, 1.82) is 0 Å². The molecule has 3 aromatic carbocycles. The second kappa shape index (κ2) is 8.92. The number of hydrogen-bond acceptors (Lipinski definition) is 3. The van der Waals surface area contributed by atoms with Gasteiger partial charge in [0, 0.05) is 0 Å². The van der Waals surface area contributed by atoms with Crippen LogP contribution in [-0.4, -0.2) is 12.5 Å². The van der Waals surface area contributed by atoms with Crippen LogP contribution in [0.3, 0.4) is 0 Å². The number of carbonyl (C=O) groups excluding carboxylic acids is 1. The van der Waals surface area contributed by atoms with Crippen molar-refractivity contribution < 1.29 is 9.53 Å². The SMILES string of the molecule is O=C(CNc1ccccc1OCc1ccccc1)Nc1ccccc1Cl. The van der Waals surface area contributed by atoms with E-state index in [0.717, 1.165) is 11.3 Å². The summed E-state index contributed by atoms with van der Waals surface area (Å²) >= 11 is 6.06. The molecule has 0 saturated heterocycles. The zero-order valence-corrected chi connectivity index (χ0v) is 14.9. The lowest BCUT2D eigenvalue weighted by molar-refractivity contribution is -0.114. The number of rotatable bonds is 7. The minimum Gasteiger partial charge on any atom is -0.487 e. The molecule has 0 atom stereocenters. The number of hydrogen-bond donors (Lipinski definition) is 2. The quantitative estimate of drug-likeness (QED) is 0.620. The normalized spacial score (nSPS) is 10.2. The van der Waals surface area contributed by atoms with E-state index in [2.05, 4.69) is 10.6 Å². The minimum atomic E-state index is -0.184. The molecule has 5 heteroatoms. The number of benzene rings is 3. The van der Waals surface area contributed by atoms with E-state index in [1.807, 2.05) is 66.7 Å². The third-order valence-electron chi connectivity index (χ3n) is 3.71. The predicted molar refractivity (Wildman–Crippen MR) is 106 cm³/mol. The fraction of sp³-hybridized carbons (Fsp3) is 0.0952. The van der Waals surface area contributed by atoms with Gasteiger partial charge in [-0.2, -0.15) is 0 Å². The predicted octanol–water partition coefficient (Wildman–Crippen LogP) is 4.97. The summed E-state index contributed by atoms with van der Waals surface area (Å²) in [5.41, 5.74) is 2.44. The van der Waals surface area contributed by atoms with Gasteiger partial charge in [-0.05, 0) is 29.8 Å². The molecule has 4 nitrogen and oxygen atoms in total. The van der Waals surface area contributed by atoms with E-state index in [1.165, 1.54) is 0 Å². The molecule has 0 aliphatic heterocycles. The van der Waals surface area contributed by atoms with Crippen molar-refractivity contribution in [1.82, 2.24) is 0 Å². The van der Waals surface area contributed by atoms with Crippen LogP contribution in [0.2, 0.25) is 5.02 Å². The average Bonchev–Trinajstić information content (AvgIpc) is 2.68. The van der Waals surface area contributed by atoms with Crippen LogP contribution >= 0.6 is 11.6 Å². The van der Waals surface area contributed by atoms with Gasteiger partial charge < -0.3 is 15.4 Å². The third kappa shape index (κ3) is 5.01. The molecule has 0 fully saturated rings. The van der Waals surface area contributed by atoms with Gasteiger partial charge in [-0.15, -0.1) is 0 Å². The van der Waals surface area contributed by atoms with E-state index < -0.39 is 0 Å². The molecule has 0 aliphatic carbocycles. The molecule has 2 N–H and O–H groups in total. The summed E-state index contributed by atoms with van der Waals surface area (Å²) in [5, 5.41) is 6.40. The number of amides is 1. The average molecular weight is 367 g/mol. The van der Waals surface area contributed by atoms with Gasteiger partial charge in [-0.25, -0.2) is 0 Å². The highest BCUT2D eigenvalue weighted by molar-refractivity contribution is 6.33. The Morgan fingerprint density at radius 3 is 2.27 bits per heavy atom. The van der Waals surface area contributed by atoms with Crippen molar-refractivity contribution >= 4 is 28.9 Å². The Balaban J connectivity index is 1.58. The van der Waals surface area contributed by atoms with Crippen LogP contribution in [0.1, 0.15) is 5.56 Å². The van der Waals surface area contributed by atoms with E-state index >= 15 is 0 Å². The summed E-state index contributed by atoms with van der Waals surface area (Å²) in [5.74, 6) is 0.512. The van der Waals surface area contributed by atoms with Crippen molar-refractivity contribution in [2.24, 2.45) is 0 Å². The summed E-state index contributed by atoms with van der Waals surface area (Å²) < 4.78 is 5.88. The molecular formula is C21H19ClN2O2. The standard InChI is InChI=1S/C21H19ClN2O2/c22-17-10-4-5-11-18(17)24-21(25)14-23-19-12-6-7-13-20(19)26-15-16-8-2-1-3-9-16/h1-13,23H,14-15H2,(H,24,25). The first-order valence-corrected chi connectivity index (χ1v) is 8.64. The monoisotopic (exact) mass is 366 g/mol. The number of para-hydroxylation sites is 3. The van der Waals surface area contributed by atoms with Gasteiger partial charge in [0.25, 0.3) is 0 Å². The maximum absolute atomic E-state index is 12.2. The Kier molecular flexibility index (Phi) is 6.12. The van der Waals surface area contributed by atoms with Crippen LogP contribution in [0.25, 0.3) is 0 Å². The summed E-state index contributed by atoms with van der Waals surface area (Å²) in [4.78, 5) is 12.2. The molecule has 0 bridgehead atoms. The fourth-order valence-electron chi connectivity index (χ4n) is 2.41. The summed E-state index contributed by atoms with van der Waals surface area (Å²) in [6, 6.07) is 24.6. The number of carbonyl (C=O) groups is 1. The van der Waals surface area contributed by atoms with Gasteiger partial charge >= 0.3 is 0 Å². The molecule has 3 rings (SSSR count). The molecule has 0 radical (unpaired) electrons. The maximum atomic E-state index is 12.2. The Bertz CT molecular complexity index is 869. The molecular weight excluding hydrogens is 348 g/mol. The molecule has 0 spiro atoms. The van der Waals surface area contributed by atoms with Crippen LogP contribution in [0.4, 0.5) is 11.4 Å². The lowest BCUT2D eigenvalue weighted by Crippen LogP contribution is -2.22. The van der Waals surface area contributed by atoms with Crippen molar-refractivity contribution in [3.63, 3.8) is 0 Å². The fourth-order valence-corrected chi connectivity index (χ4v) is 2.59. The van der Waals surface area contributed by atoms with E-state index in [0.29, 0.717) is 23.1 Å². The van der Waals surface area contributed by atoms with E-state index in [-0.39, 0.29) is 12.5 Å². The van der Waals surface area contributed by atoms with Crippen molar-refractivity contribution in [2.75, 3.05) is 17.2 Å². The lowest BCUT2D eigenvalue weighted by Gasteiger charge is -2.13. The second-order valence-electron chi connectivity index (χ2n) is 5.65. The van der Waals surface area contributed by atoms with Crippen LogP contribution in [0.15, 0.2) is 78.9 Å². The van der Waals surface area contributed by atoms with Crippen LogP contribution in [0, 0.1) is 0 Å². The largest absolute Gasteiger partial charge is 0.487 e. The molecule has 0 heterocycles. The first-order valence-electron chi connectivity index (χ1n) is 8.26. The van der Waals surface area contributed by atoms with Gasteiger partial charge in [0.15, 0.2) is 0 Å². The van der Waals surface area contributed by atoms with Crippen molar-refractivity contribution in [3.8, 4) is 5.75 Å². The number of ether oxygens (including phenoxy) is 1. The number of nitrogens with one attached hydrogen (secondary N) is 2. The maximum Gasteiger partial charge on any atom is 0.243 e. The molecule has 0 aromatic heterocycles. The number of halogens is 1. The third-order valence-corrected chi connectivity index (χ3v) is 4.04. The highest BCUT2D eigenvalue weighted by Gasteiger charge is 2.08. The topological polar surface area (TPSA) is 50.4 Å². The molecule has 0 unspecified atom stereocenters. The highest BCUT2D eigenvalue weighted by atomic mass is 35.5. The first kappa shape index (κ1) is 17.8. The Morgan fingerprint density at radius 2 is 1.50 bits per heavy atom. The Hall–Kier alpha value is -2.98. The van der Waals surface area contributed by atoms with Gasteiger partial charge in [0.2, 0.25) is 5.91 Å². The molecule has 0 aliphatic rings. The summed E-state index contributed by atoms with van der Waals surface area (Å²) in [6.07, 6.45) is 0.